The van der Waals surface area contributed by atoms with Crippen LogP contribution in [0.25, 0.3) is 0 Å². The Bertz CT molecular complexity index is 462. The van der Waals surface area contributed by atoms with Gasteiger partial charge in [-0.15, -0.1) is 0 Å². The highest BCUT2D eigenvalue weighted by Crippen LogP contribution is 2.28. The summed E-state index contributed by atoms with van der Waals surface area (Å²) in [6.07, 6.45) is 0.115. The number of nitrogens with zero attached hydrogens (tertiary/aromatic N) is 1. The maximum Gasteiger partial charge on any atom is 0.269 e. The molecule has 104 valence electrons. The summed E-state index contributed by atoms with van der Waals surface area (Å²) in [4.78, 5) is 21.9. The molecule has 0 saturated carbocycles. The number of nitro benzene ring substituents is 1. The molecule has 1 amide bonds. The van der Waals surface area contributed by atoms with Crippen LogP contribution in [-0.2, 0) is 8.98 Å². The highest BCUT2D eigenvalue weighted by atomic mass is 32.2. The zero-order valence-electron chi connectivity index (χ0n) is 10.6. The molecule has 0 aliphatic carbocycles. The SMILES string of the molecule is CC(C)(CC(=O)NN)OSc1ccc([N+](=O)[O-])cc1. The van der Waals surface area contributed by atoms with E-state index >= 15 is 0 Å². The van der Waals surface area contributed by atoms with E-state index in [2.05, 4.69) is 0 Å². The van der Waals surface area contributed by atoms with Gasteiger partial charge in [0.1, 0.15) is 0 Å². The molecule has 1 rings (SSSR count). The van der Waals surface area contributed by atoms with Crippen molar-refractivity contribution in [2.75, 3.05) is 0 Å². The highest BCUT2D eigenvalue weighted by Gasteiger charge is 2.23. The van der Waals surface area contributed by atoms with E-state index in [1.165, 1.54) is 12.1 Å². The molecule has 1 aromatic carbocycles. The monoisotopic (exact) mass is 285 g/mol. The van der Waals surface area contributed by atoms with Crippen LogP contribution in [-0.4, -0.2) is 16.4 Å². The minimum atomic E-state index is -0.699. The van der Waals surface area contributed by atoms with E-state index in [1.807, 2.05) is 5.43 Å². The normalized spacial score (nSPS) is 11.1. The average molecular weight is 285 g/mol. The van der Waals surface area contributed by atoms with Gasteiger partial charge in [0.15, 0.2) is 0 Å². The van der Waals surface area contributed by atoms with Crippen molar-refractivity contribution >= 4 is 23.6 Å². The fraction of sp³-hybridized carbons (Fsp3) is 0.364. The Morgan fingerprint density at radius 2 is 2.05 bits per heavy atom. The Morgan fingerprint density at radius 3 is 2.53 bits per heavy atom. The third kappa shape index (κ3) is 5.25. The van der Waals surface area contributed by atoms with E-state index in [9.17, 15) is 14.9 Å². The summed E-state index contributed by atoms with van der Waals surface area (Å²) in [5.41, 5.74) is 1.36. The van der Waals surface area contributed by atoms with Gasteiger partial charge in [-0.3, -0.25) is 20.3 Å². The third-order valence-corrected chi connectivity index (χ3v) is 3.16. The molecule has 0 radical (unpaired) electrons. The molecule has 0 spiro atoms. The Hall–Kier alpha value is -1.64. The van der Waals surface area contributed by atoms with Crippen molar-refractivity contribution in [3.05, 3.63) is 34.4 Å². The number of amides is 1. The highest BCUT2D eigenvalue weighted by molar-refractivity contribution is 7.94. The van der Waals surface area contributed by atoms with Crippen LogP contribution in [0.1, 0.15) is 20.3 Å². The molecule has 19 heavy (non-hydrogen) atoms. The van der Waals surface area contributed by atoms with Gasteiger partial charge in [-0.1, -0.05) is 0 Å². The van der Waals surface area contributed by atoms with E-state index in [1.54, 1.807) is 26.0 Å². The number of nitrogens with two attached hydrogens (primary N) is 1. The summed E-state index contributed by atoms with van der Waals surface area (Å²) in [6.45, 7) is 3.50. The Kier molecular flexibility index (Phi) is 5.28. The minimum absolute atomic E-state index is 0.0196. The predicted molar refractivity (Wildman–Crippen MR) is 71.1 cm³/mol. The summed E-state index contributed by atoms with van der Waals surface area (Å²) in [7, 11) is 0. The molecule has 3 N–H and O–H groups in total. The number of carbonyl (C=O) groups is 1. The lowest BCUT2D eigenvalue weighted by Gasteiger charge is -2.22. The fourth-order valence-corrected chi connectivity index (χ4v) is 1.88. The van der Waals surface area contributed by atoms with Gasteiger partial charge >= 0.3 is 0 Å². The van der Waals surface area contributed by atoms with Crippen molar-refractivity contribution in [3.63, 3.8) is 0 Å². The van der Waals surface area contributed by atoms with Gasteiger partial charge in [-0.25, -0.2) is 5.84 Å². The Labute approximate surface area is 114 Å². The van der Waals surface area contributed by atoms with Crippen LogP contribution < -0.4 is 11.3 Å². The third-order valence-electron chi connectivity index (χ3n) is 2.16. The van der Waals surface area contributed by atoms with Crippen LogP contribution in [0.4, 0.5) is 5.69 Å². The maximum absolute atomic E-state index is 11.2. The lowest BCUT2D eigenvalue weighted by molar-refractivity contribution is -0.384. The molecule has 0 atom stereocenters. The van der Waals surface area contributed by atoms with E-state index in [-0.39, 0.29) is 18.0 Å². The molecule has 0 aromatic heterocycles. The molecular formula is C11H15N3O4S. The van der Waals surface area contributed by atoms with Crippen LogP contribution >= 0.6 is 12.0 Å². The van der Waals surface area contributed by atoms with Crippen LogP contribution in [0.2, 0.25) is 0 Å². The van der Waals surface area contributed by atoms with Crippen LogP contribution in [0, 0.1) is 10.1 Å². The van der Waals surface area contributed by atoms with Crippen molar-refractivity contribution in [2.24, 2.45) is 5.84 Å². The first-order valence-electron chi connectivity index (χ1n) is 5.43. The number of hydrazine groups is 1. The molecule has 0 aliphatic rings. The number of carbonyl (C=O) groups excluding carboxylic acids is 1. The summed E-state index contributed by atoms with van der Waals surface area (Å²) in [6, 6.07) is 5.96. The molecular weight excluding hydrogens is 270 g/mol. The maximum atomic E-state index is 11.2. The van der Waals surface area contributed by atoms with Crippen molar-refractivity contribution < 1.29 is 13.9 Å². The molecule has 0 heterocycles. The average Bonchev–Trinajstić information content (AvgIpc) is 2.36. The van der Waals surface area contributed by atoms with Gasteiger partial charge < -0.3 is 4.18 Å². The van der Waals surface area contributed by atoms with Crippen molar-refractivity contribution in [1.82, 2.24) is 5.43 Å². The van der Waals surface area contributed by atoms with Gasteiger partial charge in [-0.2, -0.15) is 0 Å². The number of benzene rings is 1. The summed E-state index contributed by atoms with van der Waals surface area (Å²) < 4.78 is 5.52. The predicted octanol–water partition coefficient (Wildman–Crippen LogP) is 1.78. The molecule has 1 aromatic rings. The van der Waals surface area contributed by atoms with Crippen LogP contribution in [0.5, 0.6) is 0 Å². The summed E-state index contributed by atoms with van der Waals surface area (Å²) in [5.74, 6) is 4.68. The van der Waals surface area contributed by atoms with Gasteiger partial charge in [0, 0.05) is 29.1 Å². The molecule has 0 aliphatic heterocycles. The van der Waals surface area contributed by atoms with Gasteiger partial charge in [0.05, 0.1) is 16.9 Å². The van der Waals surface area contributed by atoms with Gasteiger partial charge in [0.25, 0.3) is 5.69 Å². The zero-order chi connectivity index (χ0) is 14.5. The number of nitrogens with one attached hydrogen (secondary N) is 1. The first-order valence-corrected chi connectivity index (χ1v) is 6.18. The van der Waals surface area contributed by atoms with Crippen molar-refractivity contribution in [2.45, 2.75) is 30.8 Å². The first kappa shape index (κ1) is 15.4. The second-order valence-corrected chi connectivity index (χ2v) is 5.23. The number of rotatable bonds is 6. The molecule has 0 bridgehead atoms. The smallest absolute Gasteiger partial charge is 0.269 e. The lowest BCUT2D eigenvalue weighted by Crippen LogP contribution is -2.36. The van der Waals surface area contributed by atoms with Crippen LogP contribution in [0.15, 0.2) is 29.2 Å². The Morgan fingerprint density at radius 1 is 1.47 bits per heavy atom. The van der Waals surface area contributed by atoms with Gasteiger partial charge in [-0.05, 0) is 26.0 Å². The van der Waals surface area contributed by atoms with Crippen molar-refractivity contribution in [1.29, 1.82) is 0 Å². The fourth-order valence-electron chi connectivity index (χ4n) is 1.25. The molecule has 0 unspecified atom stereocenters. The Balaban J connectivity index is 2.56. The van der Waals surface area contributed by atoms with E-state index < -0.39 is 10.5 Å². The largest absolute Gasteiger partial charge is 0.304 e. The minimum Gasteiger partial charge on any atom is -0.304 e. The second kappa shape index (κ2) is 6.50. The lowest BCUT2D eigenvalue weighted by atomic mass is 10.1. The number of non-ortho nitro benzene ring substituents is 1. The number of hydrogen-bond acceptors (Lipinski definition) is 6. The van der Waals surface area contributed by atoms with Crippen LogP contribution in [0.3, 0.4) is 0 Å². The molecule has 8 heteroatoms. The van der Waals surface area contributed by atoms with Gasteiger partial charge in [0.2, 0.25) is 5.91 Å². The second-order valence-electron chi connectivity index (χ2n) is 4.42. The molecule has 7 nitrogen and oxygen atoms in total. The zero-order valence-corrected chi connectivity index (χ0v) is 11.4. The topological polar surface area (TPSA) is 107 Å². The molecule has 0 saturated heterocycles. The van der Waals surface area contributed by atoms with Crippen molar-refractivity contribution in [3.8, 4) is 0 Å². The summed E-state index contributed by atoms with van der Waals surface area (Å²) in [5, 5.41) is 10.5. The number of nitro groups is 1. The summed E-state index contributed by atoms with van der Waals surface area (Å²) >= 11 is 1.06. The standard InChI is InChI=1S/C11H15N3O4S/c1-11(2,7-10(15)13-12)18-19-9-5-3-8(4-6-9)14(16)17/h3-6H,7,12H2,1-2H3,(H,13,15). The quantitative estimate of drug-likeness (QED) is 0.271. The van der Waals surface area contributed by atoms with E-state index in [0.29, 0.717) is 4.90 Å². The molecule has 0 fully saturated rings. The number of hydrogen-bond donors (Lipinski definition) is 2. The van der Waals surface area contributed by atoms with E-state index in [4.69, 9.17) is 10.0 Å². The van der Waals surface area contributed by atoms with E-state index in [0.717, 1.165) is 12.0 Å². The first-order chi connectivity index (χ1) is 8.84.